The highest BCUT2D eigenvalue weighted by Gasteiger charge is 2.58. The van der Waals surface area contributed by atoms with Crippen molar-refractivity contribution >= 4 is 5.91 Å². The van der Waals surface area contributed by atoms with Gasteiger partial charge in [-0.2, -0.15) is 0 Å². The molecule has 2 fully saturated rings. The van der Waals surface area contributed by atoms with Crippen molar-refractivity contribution < 1.29 is 13.9 Å². The summed E-state index contributed by atoms with van der Waals surface area (Å²) in [6.45, 7) is 4.46. The Labute approximate surface area is 159 Å². The van der Waals surface area contributed by atoms with Crippen LogP contribution in [0.3, 0.4) is 0 Å². The van der Waals surface area contributed by atoms with E-state index in [9.17, 15) is 4.79 Å². The summed E-state index contributed by atoms with van der Waals surface area (Å²) in [4.78, 5) is 15.0. The second kappa shape index (κ2) is 6.71. The van der Waals surface area contributed by atoms with Gasteiger partial charge in [-0.3, -0.25) is 9.69 Å². The number of amides is 1. The Balaban J connectivity index is 1.11. The normalized spacial score (nSPS) is 23.0. The maximum atomic E-state index is 12.5. The molecule has 1 amide bonds. The van der Waals surface area contributed by atoms with Crippen LogP contribution in [0.1, 0.15) is 36.1 Å². The summed E-state index contributed by atoms with van der Waals surface area (Å²) in [5, 5.41) is 3.04. The standard InChI is InChI=1S/C22H26N2O3/c25-21(23-14-18-2-1-10-26-18)19-13-22(19)6-8-24(9-7-22)15-16-3-4-20-17(12-16)5-11-27-20/h1-4,10,12,19H,5-9,11,13-15H2,(H,23,25)/t19-/m0/s1. The van der Waals surface area contributed by atoms with Crippen LogP contribution in [0.15, 0.2) is 41.0 Å². The van der Waals surface area contributed by atoms with Crippen molar-refractivity contribution in [1.82, 2.24) is 10.2 Å². The third-order valence-corrected chi connectivity index (χ3v) is 6.54. The fourth-order valence-corrected chi connectivity index (χ4v) is 4.73. The molecule has 3 heterocycles. The predicted octanol–water partition coefficient (Wildman–Crippen LogP) is 3.13. The van der Waals surface area contributed by atoms with Crippen molar-refractivity contribution in [3.05, 3.63) is 53.5 Å². The molecule has 5 nitrogen and oxygen atoms in total. The minimum atomic E-state index is 0.187. The number of piperidine rings is 1. The first-order chi connectivity index (χ1) is 13.2. The van der Waals surface area contributed by atoms with E-state index in [4.69, 9.17) is 9.15 Å². The minimum absolute atomic E-state index is 0.187. The van der Waals surface area contributed by atoms with Crippen LogP contribution in [0.2, 0.25) is 0 Å². The number of carbonyl (C=O) groups is 1. The smallest absolute Gasteiger partial charge is 0.224 e. The van der Waals surface area contributed by atoms with Crippen LogP contribution in [0.4, 0.5) is 0 Å². The van der Waals surface area contributed by atoms with Crippen LogP contribution in [0.25, 0.3) is 0 Å². The van der Waals surface area contributed by atoms with Gasteiger partial charge in [-0.1, -0.05) is 12.1 Å². The molecule has 1 spiro atoms. The molecule has 0 radical (unpaired) electrons. The quantitative estimate of drug-likeness (QED) is 0.883. The van der Waals surface area contributed by atoms with Crippen LogP contribution in [-0.2, 0) is 24.3 Å². The van der Waals surface area contributed by atoms with Crippen LogP contribution in [0.5, 0.6) is 5.75 Å². The Morgan fingerprint density at radius 1 is 1.26 bits per heavy atom. The number of nitrogens with zero attached hydrogens (tertiary/aromatic N) is 1. The fraction of sp³-hybridized carbons (Fsp3) is 0.500. The molecule has 1 saturated carbocycles. The molecular formula is C22H26N2O3. The number of hydrogen-bond donors (Lipinski definition) is 1. The highest BCUT2D eigenvalue weighted by atomic mass is 16.5. The highest BCUT2D eigenvalue weighted by molar-refractivity contribution is 5.82. The SMILES string of the molecule is O=C(NCc1ccco1)[C@@H]1CC12CCN(Cc1ccc3c(c1)CCO3)CC2. The minimum Gasteiger partial charge on any atom is -0.493 e. The summed E-state index contributed by atoms with van der Waals surface area (Å²) < 4.78 is 10.9. The number of nitrogens with one attached hydrogen (secondary N) is 1. The van der Waals surface area contributed by atoms with Gasteiger partial charge in [0.2, 0.25) is 5.91 Å². The first-order valence-electron chi connectivity index (χ1n) is 9.99. The first-order valence-corrected chi connectivity index (χ1v) is 9.99. The van der Waals surface area contributed by atoms with Gasteiger partial charge in [0.25, 0.3) is 0 Å². The number of benzene rings is 1. The van der Waals surface area contributed by atoms with E-state index in [2.05, 4.69) is 28.4 Å². The van der Waals surface area contributed by atoms with Gasteiger partial charge in [0, 0.05) is 18.9 Å². The molecule has 2 aromatic rings. The Morgan fingerprint density at radius 3 is 2.96 bits per heavy atom. The van der Waals surface area contributed by atoms with E-state index in [1.54, 1.807) is 6.26 Å². The molecule has 0 bridgehead atoms. The van der Waals surface area contributed by atoms with Crippen molar-refractivity contribution in [3.8, 4) is 5.75 Å². The summed E-state index contributed by atoms with van der Waals surface area (Å²) in [5.41, 5.74) is 2.96. The lowest BCUT2D eigenvalue weighted by Crippen LogP contribution is -2.36. The van der Waals surface area contributed by atoms with Gasteiger partial charge < -0.3 is 14.5 Å². The van der Waals surface area contributed by atoms with Crippen molar-refractivity contribution in [2.75, 3.05) is 19.7 Å². The molecule has 1 atom stereocenters. The van der Waals surface area contributed by atoms with Gasteiger partial charge in [-0.05, 0) is 67.1 Å². The lowest BCUT2D eigenvalue weighted by atomic mass is 9.90. The van der Waals surface area contributed by atoms with Crippen molar-refractivity contribution in [3.63, 3.8) is 0 Å². The summed E-state index contributed by atoms with van der Waals surface area (Å²) in [7, 11) is 0. The molecule has 3 aliphatic rings. The molecule has 27 heavy (non-hydrogen) atoms. The number of hydrogen-bond acceptors (Lipinski definition) is 4. The monoisotopic (exact) mass is 366 g/mol. The molecule has 5 rings (SSSR count). The number of fused-ring (bicyclic) bond motifs is 1. The molecule has 1 N–H and O–H groups in total. The van der Waals surface area contributed by atoms with Gasteiger partial charge >= 0.3 is 0 Å². The predicted molar refractivity (Wildman–Crippen MR) is 101 cm³/mol. The molecular weight excluding hydrogens is 340 g/mol. The summed E-state index contributed by atoms with van der Waals surface area (Å²) in [6.07, 6.45) is 5.96. The molecule has 142 valence electrons. The zero-order valence-corrected chi connectivity index (χ0v) is 15.6. The number of furan rings is 1. The topological polar surface area (TPSA) is 54.7 Å². The van der Waals surface area contributed by atoms with E-state index in [-0.39, 0.29) is 17.2 Å². The molecule has 1 aliphatic carbocycles. The molecule has 2 aliphatic heterocycles. The summed E-state index contributed by atoms with van der Waals surface area (Å²) in [6, 6.07) is 10.4. The highest BCUT2D eigenvalue weighted by Crippen LogP contribution is 2.59. The van der Waals surface area contributed by atoms with Crippen molar-refractivity contribution in [1.29, 1.82) is 0 Å². The second-order valence-corrected chi connectivity index (χ2v) is 8.23. The van der Waals surface area contributed by atoms with E-state index in [0.717, 1.165) is 63.4 Å². The van der Waals surface area contributed by atoms with Gasteiger partial charge in [-0.25, -0.2) is 0 Å². The van der Waals surface area contributed by atoms with Gasteiger partial charge in [0.1, 0.15) is 11.5 Å². The average Bonchev–Trinajstić information content (AvgIpc) is 3.07. The van der Waals surface area contributed by atoms with Gasteiger partial charge in [-0.15, -0.1) is 0 Å². The lowest BCUT2D eigenvalue weighted by molar-refractivity contribution is -0.123. The van der Waals surface area contributed by atoms with Crippen LogP contribution in [0, 0.1) is 11.3 Å². The maximum absolute atomic E-state index is 12.5. The number of carbonyl (C=O) groups excluding carboxylic acids is 1. The maximum Gasteiger partial charge on any atom is 0.224 e. The second-order valence-electron chi connectivity index (χ2n) is 8.23. The van der Waals surface area contributed by atoms with Crippen LogP contribution in [-0.4, -0.2) is 30.5 Å². The van der Waals surface area contributed by atoms with Crippen LogP contribution >= 0.6 is 0 Å². The molecule has 1 saturated heterocycles. The first kappa shape index (κ1) is 16.9. The molecule has 1 aromatic carbocycles. The van der Waals surface area contributed by atoms with E-state index in [1.807, 2.05) is 12.1 Å². The van der Waals surface area contributed by atoms with Crippen LogP contribution < -0.4 is 10.1 Å². The van der Waals surface area contributed by atoms with Gasteiger partial charge in [0.15, 0.2) is 0 Å². The number of ether oxygens (including phenoxy) is 1. The zero-order chi connectivity index (χ0) is 18.3. The van der Waals surface area contributed by atoms with E-state index < -0.39 is 0 Å². The van der Waals surface area contributed by atoms with Crippen molar-refractivity contribution in [2.24, 2.45) is 11.3 Å². The van der Waals surface area contributed by atoms with E-state index in [0.29, 0.717) is 6.54 Å². The average molecular weight is 366 g/mol. The lowest BCUT2D eigenvalue weighted by Gasteiger charge is -2.33. The zero-order valence-electron chi connectivity index (χ0n) is 15.6. The van der Waals surface area contributed by atoms with E-state index in [1.165, 1.54) is 11.1 Å². The number of rotatable bonds is 5. The Kier molecular flexibility index (Phi) is 4.20. The Hall–Kier alpha value is -2.27. The Bertz CT molecular complexity index is 822. The molecule has 0 unspecified atom stereocenters. The molecule has 1 aromatic heterocycles. The Morgan fingerprint density at radius 2 is 2.15 bits per heavy atom. The van der Waals surface area contributed by atoms with Crippen molar-refractivity contribution in [2.45, 2.75) is 38.8 Å². The summed E-state index contributed by atoms with van der Waals surface area (Å²) in [5.74, 6) is 2.25. The van der Waals surface area contributed by atoms with Gasteiger partial charge in [0.05, 0.1) is 19.4 Å². The fourth-order valence-electron chi connectivity index (χ4n) is 4.73. The van der Waals surface area contributed by atoms with E-state index >= 15 is 0 Å². The largest absolute Gasteiger partial charge is 0.493 e. The molecule has 5 heteroatoms. The third kappa shape index (κ3) is 3.36. The third-order valence-electron chi connectivity index (χ3n) is 6.54. The number of likely N-dealkylation sites (tertiary alicyclic amines) is 1. The summed E-state index contributed by atoms with van der Waals surface area (Å²) >= 11 is 0.